The van der Waals surface area contributed by atoms with Crippen molar-refractivity contribution in [3.05, 3.63) is 107 Å². The number of hydrogen-bond donors (Lipinski definition) is 1. The molecule has 2 amide bonds. The van der Waals surface area contributed by atoms with Gasteiger partial charge in [0.15, 0.2) is 0 Å². The summed E-state index contributed by atoms with van der Waals surface area (Å²) in [7, 11) is 0. The van der Waals surface area contributed by atoms with Crippen LogP contribution in [0.15, 0.2) is 84.9 Å². The molecule has 184 valence electrons. The molecule has 0 aliphatic rings. The number of carbonyl (C=O) groups is 2. The second kappa shape index (κ2) is 11.8. The molecule has 4 heteroatoms. The quantitative estimate of drug-likeness (QED) is 0.402. The lowest BCUT2D eigenvalue weighted by atomic mass is 9.88. The summed E-state index contributed by atoms with van der Waals surface area (Å²) in [5.41, 5.74) is 3.99. The number of carbonyl (C=O) groups excluding carboxylic acids is 2. The molecule has 0 spiro atoms. The van der Waals surface area contributed by atoms with E-state index in [0.29, 0.717) is 19.4 Å². The van der Waals surface area contributed by atoms with E-state index in [1.165, 1.54) is 0 Å². The highest BCUT2D eigenvalue weighted by Crippen LogP contribution is 2.29. The minimum absolute atomic E-state index is 0.0285. The van der Waals surface area contributed by atoms with Gasteiger partial charge in [0.2, 0.25) is 11.8 Å². The van der Waals surface area contributed by atoms with Crippen molar-refractivity contribution in [1.29, 1.82) is 0 Å². The zero-order valence-corrected chi connectivity index (χ0v) is 21.6. The van der Waals surface area contributed by atoms with Crippen LogP contribution < -0.4 is 5.32 Å². The molecule has 0 aliphatic heterocycles. The van der Waals surface area contributed by atoms with Gasteiger partial charge < -0.3 is 10.2 Å². The zero-order chi connectivity index (χ0) is 25.4. The number of nitrogens with zero attached hydrogens (tertiary/aromatic N) is 1. The minimum atomic E-state index is -0.546. The van der Waals surface area contributed by atoms with E-state index in [1.807, 2.05) is 95.3 Å². The number of aryl methyl sites for hydroxylation is 1. The fourth-order valence-corrected chi connectivity index (χ4v) is 4.35. The van der Waals surface area contributed by atoms with Crippen LogP contribution in [0.3, 0.4) is 0 Å². The normalized spacial score (nSPS) is 12.3. The van der Waals surface area contributed by atoms with Gasteiger partial charge in [0.05, 0.1) is 0 Å². The average Bonchev–Trinajstić information content (AvgIpc) is 2.83. The van der Waals surface area contributed by atoms with Crippen LogP contribution in [-0.2, 0) is 16.1 Å². The Balaban J connectivity index is 1.96. The van der Waals surface area contributed by atoms with Crippen molar-refractivity contribution in [3.8, 4) is 0 Å². The lowest BCUT2D eigenvalue weighted by molar-refractivity contribution is -0.142. The lowest BCUT2D eigenvalue weighted by Crippen LogP contribution is -2.53. The molecule has 0 aliphatic carbocycles. The maximum Gasteiger partial charge on any atom is 0.243 e. The second-order valence-electron chi connectivity index (χ2n) is 10.2. The van der Waals surface area contributed by atoms with Crippen LogP contribution in [0, 0.1) is 6.92 Å². The van der Waals surface area contributed by atoms with Crippen molar-refractivity contribution in [2.24, 2.45) is 0 Å². The SMILES string of the molecule is CC[C@@H](C(=O)NC(C)(C)C)N(Cc1ccc(C)cc1)C(=O)CC(c1ccccc1)c1ccccc1. The molecule has 0 saturated heterocycles. The Kier molecular flexibility index (Phi) is 8.86. The molecule has 0 fully saturated rings. The predicted molar refractivity (Wildman–Crippen MR) is 143 cm³/mol. The molecule has 3 aromatic carbocycles. The van der Waals surface area contributed by atoms with Crippen molar-refractivity contribution in [2.75, 3.05) is 0 Å². The standard InChI is InChI=1S/C31H38N2O2/c1-6-28(30(35)32-31(3,4)5)33(22-24-19-17-23(2)18-20-24)29(34)21-27(25-13-9-7-10-14-25)26-15-11-8-12-16-26/h7-20,27-28H,6,21-22H2,1-5H3,(H,32,35)/t28-/m0/s1. The Hall–Kier alpha value is -3.40. The Bertz CT molecular complexity index is 1050. The van der Waals surface area contributed by atoms with Crippen LogP contribution in [0.25, 0.3) is 0 Å². The highest BCUT2D eigenvalue weighted by atomic mass is 16.2. The topological polar surface area (TPSA) is 49.4 Å². The van der Waals surface area contributed by atoms with Crippen LogP contribution in [0.1, 0.15) is 68.7 Å². The lowest BCUT2D eigenvalue weighted by Gasteiger charge is -2.34. The van der Waals surface area contributed by atoms with Crippen LogP contribution in [0.4, 0.5) is 0 Å². The van der Waals surface area contributed by atoms with E-state index >= 15 is 0 Å². The third-order valence-corrected chi connectivity index (χ3v) is 6.14. The first kappa shape index (κ1) is 26.2. The molecule has 1 atom stereocenters. The highest BCUT2D eigenvalue weighted by Gasteiger charge is 2.32. The number of rotatable bonds is 9. The van der Waals surface area contributed by atoms with Gasteiger partial charge in [0.1, 0.15) is 6.04 Å². The molecule has 35 heavy (non-hydrogen) atoms. The molecule has 4 nitrogen and oxygen atoms in total. The summed E-state index contributed by atoms with van der Waals surface area (Å²) in [4.78, 5) is 29.1. The number of nitrogens with one attached hydrogen (secondary N) is 1. The van der Waals surface area contributed by atoms with Gasteiger partial charge in [0.25, 0.3) is 0 Å². The number of amides is 2. The van der Waals surface area contributed by atoms with Gasteiger partial charge in [-0.1, -0.05) is 97.4 Å². The molecule has 3 rings (SSSR count). The Labute approximate surface area is 210 Å². The fourth-order valence-electron chi connectivity index (χ4n) is 4.35. The van der Waals surface area contributed by atoms with Crippen molar-refractivity contribution in [3.63, 3.8) is 0 Å². The summed E-state index contributed by atoms with van der Waals surface area (Å²) in [5, 5.41) is 3.08. The predicted octanol–water partition coefficient (Wildman–Crippen LogP) is 6.24. The summed E-state index contributed by atoms with van der Waals surface area (Å²) >= 11 is 0. The van der Waals surface area contributed by atoms with Gasteiger partial charge in [-0.3, -0.25) is 9.59 Å². The third kappa shape index (κ3) is 7.54. The largest absolute Gasteiger partial charge is 0.350 e. The van der Waals surface area contributed by atoms with Gasteiger partial charge in [0, 0.05) is 24.4 Å². The van der Waals surface area contributed by atoms with E-state index in [1.54, 1.807) is 4.90 Å². The zero-order valence-electron chi connectivity index (χ0n) is 21.6. The fraction of sp³-hybridized carbons (Fsp3) is 0.355. The van der Waals surface area contributed by atoms with E-state index in [9.17, 15) is 9.59 Å². The Morgan fingerprint density at radius 1 is 0.829 bits per heavy atom. The summed E-state index contributed by atoms with van der Waals surface area (Å²) in [6.07, 6.45) is 0.833. The van der Waals surface area contributed by atoms with Crippen molar-refractivity contribution >= 4 is 11.8 Å². The number of benzene rings is 3. The van der Waals surface area contributed by atoms with Crippen LogP contribution >= 0.6 is 0 Å². The van der Waals surface area contributed by atoms with E-state index in [2.05, 4.69) is 29.6 Å². The van der Waals surface area contributed by atoms with E-state index in [0.717, 1.165) is 22.3 Å². The summed E-state index contributed by atoms with van der Waals surface area (Å²) in [5.74, 6) is -0.232. The highest BCUT2D eigenvalue weighted by molar-refractivity contribution is 5.88. The van der Waals surface area contributed by atoms with E-state index < -0.39 is 6.04 Å². The molecule has 0 radical (unpaired) electrons. The van der Waals surface area contributed by atoms with Gasteiger partial charge >= 0.3 is 0 Å². The summed E-state index contributed by atoms with van der Waals surface area (Å²) < 4.78 is 0. The monoisotopic (exact) mass is 470 g/mol. The first-order valence-electron chi connectivity index (χ1n) is 12.4. The maximum absolute atomic E-state index is 14.0. The van der Waals surface area contributed by atoms with Crippen LogP contribution in [-0.4, -0.2) is 28.3 Å². The van der Waals surface area contributed by atoms with E-state index in [-0.39, 0.29) is 23.3 Å². The minimum Gasteiger partial charge on any atom is -0.350 e. The molecule has 1 N–H and O–H groups in total. The average molecular weight is 471 g/mol. The summed E-state index contributed by atoms with van der Waals surface area (Å²) in [6.45, 7) is 10.3. The molecular weight excluding hydrogens is 432 g/mol. The second-order valence-corrected chi connectivity index (χ2v) is 10.2. The van der Waals surface area contributed by atoms with Crippen LogP contribution in [0.2, 0.25) is 0 Å². The maximum atomic E-state index is 14.0. The van der Waals surface area contributed by atoms with Gasteiger partial charge in [-0.05, 0) is 50.8 Å². The van der Waals surface area contributed by atoms with Gasteiger partial charge in [-0.25, -0.2) is 0 Å². The summed E-state index contributed by atoms with van der Waals surface area (Å²) in [6, 6.07) is 27.9. The third-order valence-electron chi connectivity index (χ3n) is 6.14. The molecular formula is C31H38N2O2. The Morgan fingerprint density at radius 3 is 1.80 bits per heavy atom. The first-order chi connectivity index (χ1) is 16.7. The van der Waals surface area contributed by atoms with Gasteiger partial charge in [-0.15, -0.1) is 0 Å². The molecule has 3 aromatic rings. The molecule has 0 bridgehead atoms. The van der Waals surface area contributed by atoms with Gasteiger partial charge in [-0.2, -0.15) is 0 Å². The van der Waals surface area contributed by atoms with Crippen LogP contribution in [0.5, 0.6) is 0 Å². The van der Waals surface area contributed by atoms with Crippen molar-refractivity contribution < 1.29 is 9.59 Å². The molecule has 0 aromatic heterocycles. The molecule has 0 heterocycles. The van der Waals surface area contributed by atoms with Crippen molar-refractivity contribution in [1.82, 2.24) is 10.2 Å². The molecule has 0 unspecified atom stereocenters. The smallest absolute Gasteiger partial charge is 0.243 e. The first-order valence-corrected chi connectivity index (χ1v) is 12.4. The van der Waals surface area contributed by atoms with E-state index in [4.69, 9.17) is 0 Å². The number of hydrogen-bond acceptors (Lipinski definition) is 2. The molecule has 0 saturated carbocycles. The Morgan fingerprint density at radius 2 is 1.34 bits per heavy atom. The van der Waals surface area contributed by atoms with Crippen molar-refractivity contribution in [2.45, 2.75) is 71.5 Å².